The monoisotopic (exact) mass is 427 g/mol. The van der Waals surface area contributed by atoms with E-state index in [2.05, 4.69) is 5.32 Å². The molecule has 1 aliphatic rings. The molecule has 32 heavy (non-hydrogen) atoms. The number of benzene rings is 2. The van der Waals surface area contributed by atoms with Crippen molar-refractivity contribution in [1.82, 2.24) is 14.8 Å². The fourth-order valence-corrected chi connectivity index (χ4v) is 4.40. The summed E-state index contributed by atoms with van der Waals surface area (Å²) in [5.41, 5.74) is 1.67. The summed E-state index contributed by atoms with van der Waals surface area (Å²) in [6.45, 7) is 1.21. The summed E-state index contributed by atoms with van der Waals surface area (Å²) in [4.78, 5) is 40.4. The van der Waals surface area contributed by atoms with Crippen molar-refractivity contribution in [3.63, 3.8) is 0 Å². The van der Waals surface area contributed by atoms with Gasteiger partial charge in [-0.05, 0) is 30.7 Å². The Hall–Kier alpha value is -4.13. The lowest BCUT2D eigenvalue weighted by atomic mass is 9.98. The van der Waals surface area contributed by atoms with Crippen LogP contribution in [-0.4, -0.2) is 33.7 Å². The van der Waals surface area contributed by atoms with Gasteiger partial charge in [0.15, 0.2) is 11.3 Å². The molecule has 3 heterocycles. The number of urea groups is 1. The second-order valence-electron chi connectivity index (χ2n) is 8.01. The summed E-state index contributed by atoms with van der Waals surface area (Å²) in [5, 5.41) is 3.44. The number of para-hydroxylation sites is 1. The van der Waals surface area contributed by atoms with Crippen molar-refractivity contribution in [3.8, 4) is 11.3 Å². The maximum atomic E-state index is 13.6. The molecule has 1 N–H and O–H groups in total. The first-order valence-electron chi connectivity index (χ1n) is 10.3. The van der Waals surface area contributed by atoms with E-state index in [0.29, 0.717) is 11.3 Å². The zero-order chi connectivity index (χ0) is 22.5. The molecule has 0 aliphatic carbocycles. The second kappa shape index (κ2) is 7.23. The fourth-order valence-electron chi connectivity index (χ4n) is 4.40. The number of hydrogen-bond acceptors (Lipinski definition) is 4. The van der Waals surface area contributed by atoms with Crippen LogP contribution in [0.2, 0.25) is 0 Å². The number of ketones is 1. The Balaban J connectivity index is 1.57. The molecule has 160 valence electrons. The van der Waals surface area contributed by atoms with E-state index in [1.165, 1.54) is 6.26 Å². The smallest absolute Gasteiger partial charge is 0.325 e. The summed E-state index contributed by atoms with van der Waals surface area (Å²) in [5.74, 6) is -0.513. The van der Waals surface area contributed by atoms with Crippen LogP contribution in [0.15, 0.2) is 77.4 Å². The van der Waals surface area contributed by atoms with Gasteiger partial charge in [-0.3, -0.25) is 14.5 Å². The van der Waals surface area contributed by atoms with Gasteiger partial charge in [-0.15, -0.1) is 0 Å². The van der Waals surface area contributed by atoms with Gasteiger partial charge in [-0.2, -0.15) is 0 Å². The van der Waals surface area contributed by atoms with Gasteiger partial charge in [0.05, 0.1) is 24.1 Å². The van der Waals surface area contributed by atoms with Crippen LogP contribution in [0.3, 0.4) is 0 Å². The van der Waals surface area contributed by atoms with Crippen LogP contribution < -0.4 is 5.32 Å². The predicted octanol–water partition coefficient (Wildman–Crippen LogP) is 4.09. The molecular formula is C25H21N3O4. The molecule has 0 spiro atoms. The molecule has 0 unspecified atom stereocenters. The van der Waals surface area contributed by atoms with Gasteiger partial charge < -0.3 is 14.3 Å². The zero-order valence-corrected chi connectivity index (χ0v) is 17.7. The molecule has 1 atom stereocenters. The molecule has 0 saturated carbocycles. The average molecular weight is 427 g/mol. The molecule has 3 amide bonds. The van der Waals surface area contributed by atoms with Crippen LogP contribution in [0.1, 0.15) is 23.0 Å². The van der Waals surface area contributed by atoms with Crippen molar-refractivity contribution < 1.29 is 18.8 Å². The summed E-state index contributed by atoms with van der Waals surface area (Å²) in [6.07, 6.45) is 1.44. The van der Waals surface area contributed by atoms with E-state index in [4.69, 9.17) is 4.42 Å². The van der Waals surface area contributed by atoms with E-state index in [9.17, 15) is 14.4 Å². The molecule has 7 heteroatoms. The third-order valence-electron chi connectivity index (χ3n) is 6.02. The van der Waals surface area contributed by atoms with Crippen LogP contribution in [0.4, 0.5) is 4.79 Å². The highest BCUT2D eigenvalue weighted by Gasteiger charge is 2.51. The van der Waals surface area contributed by atoms with Crippen molar-refractivity contribution in [3.05, 3.63) is 84.3 Å². The van der Waals surface area contributed by atoms with E-state index in [-0.39, 0.29) is 12.3 Å². The highest BCUT2D eigenvalue weighted by molar-refractivity contribution is 6.17. The lowest BCUT2D eigenvalue weighted by Crippen LogP contribution is -2.41. The van der Waals surface area contributed by atoms with Gasteiger partial charge in [0.1, 0.15) is 5.76 Å². The molecule has 1 fully saturated rings. The standard InChI is InChI=1S/C25H21N3O4/c1-25(20-13-8-14-32-20)23(30)28(24(31)26-25)15-19(29)21-17-11-6-7-12-18(17)27(2)22(21)16-9-4-3-5-10-16/h3-14H,15H2,1-2H3,(H,26,31)/t25-/m1/s1. The molecule has 2 aromatic carbocycles. The number of hydrogen-bond donors (Lipinski definition) is 1. The number of furan rings is 1. The number of carbonyl (C=O) groups is 3. The minimum absolute atomic E-state index is 0.312. The number of nitrogens with one attached hydrogen (secondary N) is 1. The highest BCUT2D eigenvalue weighted by Crippen LogP contribution is 2.34. The van der Waals surface area contributed by atoms with E-state index in [0.717, 1.165) is 27.1 Å². The lowest BCUT2D eigenvalue weighted by Gasteiger charge is -2.19. The summed E-state index contributed by atoms with van der Waals surface area (Å²) in [7, 11) is 1.91. The molecule has 5 rings (SSSR count). The Kier molecular flexibility index (Phi) is 4.48. The predicted molar refractivity (Wildman–Crippen MR) is 119 cm³/mol. The quantitative estimate of drug-likeness (QED) is 0.384. The maximum Gasteiger partial charge on any atom is 0.325 e. The van der Waals surface area contributed by atoms with Gasteiger partial charge in [0, 0.05) is 18.0 Å². The van der Waals surface area contributed by atoms with Crippen LogP contribution in [0.25, 0.3) is 22.2 Å². The Morgan fingerprint density at radius 2 is 1.72 bits per heavy atom. The largest absolute Gasteiger partial charge is 0.466 e. The van der Waals surface area contributed by atoms with Gasteiger partial charge in [-0.25, -0.2) is 4.79 Å². The van der Waals surface area contributed by atoms with E-state index < -0.39 is 17.5 Å². The molecule has 0 bridgehead atoms. The lowest BCUT2D eigenvalue weighted by molar-refractivity contribution is -0.131. The van der Waals surface area contributed by atoms with Crippen molar-refractivity contribution in [1.29, 1.82) is 0 Å². The van der Waals surface area contributed by atoms with E-state index in [1.54, 1.807) is 19.1 Å². The van der Waals surface area contributed by atoms with Crippen molar-refractivity contribution in [2.24, 2.45) is 7.05 Å². The van der Waals surface area contributed by atoms with Crippen molar-refractivity contribution in [2.75, 3.05) is 6.54 Å². The molecule has 1 aliphatic heterocycles. The number of carbonyl (C=O) groups excluding carboxylic acids is 3. The normalized spacial score (nSPS) is 18.4. The van der Waals surface area contributed by atoms with E-state index >= 15 is 0 Å². The van der Waals surface area contributed by atoms with Crippen LogP contribution in [0, 0.1) is 0 Å². The molecule has 2 aromatic heterocycles. The summed E-state index contributed by atoms with van der Waals surface area (Å²) >= 11 is 0. The molecule has 4 aromatic rings. The number of aromatic nitrogens is 1. The number of Topliss-reactive ketones (excluding diaryl/α,β-unsaturated/α-hetero) is 1. The molecule has 0 radical (unpaired) electrons. The van der Waals surface area contributed by atoms with Crippen LogP contribution in [0.5, 0.6) is 0 Å². The van der Waals surface area contributed by atoms with Crippen LogP contribution >= 0.6 is 0 Å². The molecule has 7 nitrogen and oxygen atoms in total. The van der Waals surface area contributed by atoms with Crippen LogP contribution in [-0.2, 0) is 17.4 Å². The molecular weight excluding hydrogens is 406 g/mol. The fraction of sp³-hybridized carbons (Fsp3) is 0.160. The first kappa shape index (κ1) is 19.8. The Labute approximate surface area is 184 Å². The van der Waals surface area contributed by atoms with Crippen molar-refractivity contribution in [2.45, 2.75) is 12.5 Å². The Morgan fingerprint density at radius 1 is 1.00 bits per heavy atom. The number of rotatable bonds is 5. The number of fused-ring (bicyclic) bond motifs is 1. The minimum Gasteiger partial charge on any atom is -0.466 e. The zero-order valence-electron chi connectivity index (χ0n) is 17.7. The van der Waals surface area contributed by atoms with Gasteiger partial charge >= 0.3 is 6.03 Å². The second-order valence-corrected chi connectivity index (χ2v) is 8.01. The van der Waals surface area contributed by atoms with Gasteiger partial charge in [-0.1, -0.05) is 48.5 Å². The third-order valence-corrected chi connectivity index (χ3v) is 6.02. The first-order chi connectivity index (χ1) is 15.4. The number of amides is 3. The minimum atomic E-state index is -1.35. The first-order valence-corrected chi connectivity index (χ1v) is 10.3. The van der Waals surface area contributed by atoms with Gasteiger partial charge in [0.2, 0.25) is 0 Å². The highest BCUT2D eigenvalue weighted by atomic mass is 16.3. The summed E-state index contributed by atoms with van der Waals surface area (Å²) < 4.78 is 7.33. The Morgan fingerprint density at radius 3 is 2.44 bits per heavy atom. The number of aryl methyl sites for hydroxylation is 1. The SMILES string of the molecule is Cn1c(-c2ccccc2)c(C(=O)CN2C(=O)N[C@](C)(c3ccco3)C2=O)c2ccccc21. The number of nitrogens with zero attached hydrogens (tertiary/aromatic N) is 2. The number of imide groups is 1. The summed E-state index contributed by atoms with van der Waals surface area (Å²) in [6, 6.07) is 19.9. The van der Waals surface area contributed by atoms with E-state index in [1.807, 2.05) is 66.2 Å². The molecule has 1 saturated heterocycles. The third kappa shape index (κ3) is 2.85. The maximum absolute atomic E-state index is 13.6. The topological polar surface area (TPSA) is 84.6 Å². The van der Waals surface area contributed by atoms with Crippen molar-refractivity contribution >= 4 is 28.6 Å². The van der Waals surface area contributed by atoms with Gasteiger partial charge in [0.25, 0.3) is 5.91 Å². The Bertz CT molecular complexity index is 1350. The average Bonchev–Trinajstić information content (AvgIpc) is 3.49.